The van der Waals surface area contributed by atoms with Crippen LogP contribution in [0.2, 0.25) is 0 Å². The zero-order valence-electron chi connectivity index (χ0n) is 20.1. The summed E-state index contributed by atoms with van der Waals surface area (Å²) in [6.45, 7) is 11.6. The van der Waals surface area contributed by atoms with Gasteiger partial charge in [-0.3, -0.25) is 0 Å². The number of hydrogen-bond acceptors (Lipinski definition) is 4. The van der Waals surface area contributed by atoms with Gasteiger partial charge in [-0.15, -0.1) is 0 Å². The van der Waals surface area contributed by atoms with E-state index in [9.17, 15) is 9.59 Å². The van der Waals surface area contributed by atoms with Crippen molar-refractivity contribution < 1.29 is 19.1 Å². The molecule has 0 aliphatic carbocycles. The number of benzene rings is 1. The van der Waals surface area contributed by atoms with Crippen LogP contribution in [0.15, 0.2) is 16.6 Å². The van der Waals surface area contributed by atoms with Crippen LogP contribution in [-0.4, -0.2) is 25.2 Å². The summed E-state index contributed by atoms with van der Waals surface area (Å²) < 4.78 is 11.8. The van der Waals surface area contributed by atoms with Gasteiger partial charge in [0.05, 0.1) is 24.3 Å². The maximum absolute atomic E-state index is 12.7. The number of esters is 2. The summed E-state index contributed by atoms with van der Waals surface area (Å²) >= 11 is 3.51. The highest BCUT2D eigenvalue weighted by Crippen LogP contribution is 2.25. The number of rotatable bonds is 15. The largest absolute Gasteiger partial charge is 0.462 e. The first-order chi connectivity index (χ1) is 14.8. The number of ether oxygens (including phenoxy) is 2. The molecule has 0 amide bonds. The van der Waals surface area contributed by atoms with Gasteiger partial charge in [-0.25, -0.2) is 9.59 Å². The van der Waals surface area contributed by atoms with Gasteiger partial charge in [0.2, 0.25) is 0 Å². The van der Waals surface area contributed by atoms with Gasteiger partial charge in [-0.05, 0) is 48.8 Å². The van der Waals surface area contributed by atoms with E-state index in [-0.39, 0.29) is 5.56 Å². The number of hydrogen-bond donors (Lipinski definition) is 0. The Hall–Kier alpha value is -1.36. The molecule has 0 aliphatic heterocycles. The van der Waals surface area contributed by atoms with Crippen LogP contribution in [-0.2, 0) is 15.9 Å². The Bertz CT molecular complexity index is 682. The van der Waals surface area contributed by atoms with E-state index in [1.165, 1.54) is 12.8 Å². The summed E-state index contributed by atoms with van der Waals surface area (Å²) in [7, 11) is 0. The van der Waals surface area contributed by atoms with Gasteiger partial charge in [0.1, 0.15) is 0 Å². The van der Waals surface area contributed by atoms with Crippen molar-refractivity contribution in [3.63, 3.8) is 0 Å². The standard InChI is InChI=1S/C26H41BrO4/c1-6-21-17-22(25(28)30-15-11-7-9-13-19(2)3)23(18-24(21)27)26(29)31-16-12-8-10-14-20(4)5/h17-20H,6-16H2,1-5H3. The highest BCUT2D eigenvalue weighted by atomic mass is 79.9. The second-order valence-corrected chi connectivity index (χ2v) is 9.96. The molecule has 0 radical (unpaired) electrons. The van der Waals surface area contributed by atoms with E-state index < -0.39 is 11.9 Å². The Balaban J connectivity index is 2.67. The summed E-state index contributed by atoms with van der Waals surface area (Å²) in [5.41, 5.74) is 1.54. The van der Waals surface area contributed by atoms with Gasteiger partial charge >= 0.3 is 11.9 Å². The maximum Gasteiger partial charge on any atom is 0.339 e. The Morgan fingerprint density at radius 3 is 1.65 bits per heavy atom. The number of halogens is 1. The van der Waals surface area contributed by atoms with Crippen LogP contribution in [0.4, 0.5) is 0 Å². The zero-order valence-corrected chi connectivity index (χ0v) is 21.7. The van der Waals surface area contributed by atoms with Crippen LogP contribution in [0.25, 0.3) is 0 Å². The van der Waals surface area contributed by atoms with E-state index in [0.717, 1.165) is 55.0 Å². The van der Waals surface area contributed by atoms with Crippen molar-refractivity contribution in [3.05, 3.63) is 33.3 Å². The first-order valence-electron chi connectivity index (χ1n) is 11.9. The number of carbonyl (C=O) groups is 2. The molecular formula is C26H41BrO4. The lowest BCUT2D eigenvalue weighted by atomic mass is 10.0. The van der Waals surface area contributed by atoms with Gasteiger partial charge < -0.3 is 9.47 Å². The molecule has 0 saturated heterocycles. The molecule has 0 aliphatic rings. The van der Waals surface area contributed by atoms with E-state index in [2.05, 4.69) is 43.6 Å². The minimum atomic E-state index is -0.462. The molecule has 176 valence electrons. The van der Waals surface area contributed by atoms with E-state index in [1.54, 1.807) is 12.1 Å². The predicted octanol–water partition coefficient (Wildman–Crippen LogP) is 7.76. The molecule has 0 atom stereocenters. The van der Waals surface area contributed by atoms with Crippen molar-refractivity contribution in [1.29, 1.82) is 0 Å². The summed E-state index contributed by atoms with van der Waals surface area (Å²) in [4.78, 5) is 25.4. The molecule has 0 saturated carbocycles. The van der Waals surface area contributed by atoms with E-state index in [0.29, 0.717) is 30.6 Å². The van der Waals surface area contributed by atoms with Crippen molar-refractivity contribution in [2.75, 3.05) is 13.2 Å². The molecular weight excluding hydrogens is 456 g/mol. The SMILES string of the molecule is CCc1cc(C(=O)OCCCCCC(C)C)c(C(=O)OCCCCCC(C)C)cc1Br. The monoisotopic (exact) mass is 496 g/mol. The Kier molecular flexibility index (Phi) is 13.8. The Morgan fingerprint density at radius 2 is 1.23 bits per heavy atom. The Labute approximate surface area is 197 Å². The maximum atomic E-state index is 12.7. The van der Waals surface area contributed by atoms with Crippen LogP contribution < -0.4 is 0 Å². The van der Waals surface area contributed by atoms with Crippen LogP contribution >= 0.6 is 15.9 Å². The van der Waals surface area contributed by atoms with E-state index >= 15 is 0 Å². The molecule has 0 aromatic heterocycles. The van der Waals surface area contributed by atoms with Crippen molar-refractivity contribution in [2.24, 2.45) is 11.8 Å². The number of carbonyl (C=O) groups excluding carboxylic acids is 2. The van der Waals surface area contributed by atoms with Crippen molar-refractivity contribution in [3.8, 4) is 0 Å². The van der Waals surface area contributed by atoms with Gasteiger partial charge in [-0.1, -0.05) is 89.1 Å². The molecule has 4 nitrogen and oxygen atoms in total. The Morgan fingerprint density at radius 1 is 0.774 bits per heavy atom. The fraction of sp³-hybridized carbons (Fsp3) is 0.692. The highest BCUT2D eigenvalue weighted by molar-refractivity contribution is 9.10. The topological polar surface area (TPSA) is 52.6 Å². The van der Waals surface area contributed by atoms with Gasteiger partial charge in [0.25, 0.3) is 0 Å². The van der Waals surface area contributed by atoms with Gasteiger partial charge in [-0.2, -0.15) is 0 Å². The number of aryl methyl sites for hydroxylation is 1. The molecule has 1 aromatic rings. The smallest absolute Gasteiger partial charge is 0.339 e. The third-order valence-electron chi connectivity index (χ3n) is 5.33. The average molecular weight is 498 g/mol. The molecule has 0 bridgehead atoms. The highest BCUT2D eigenvalue weighted by Gasteiger charge is 2.22. The quantitative estimate of drug-likeness (QED) is 0.184. The molecule has 0 spiro atoms. The van der Waals surface area contributed by atoms with Crippen LogP contribution in [0.3, 0.4) is 0 Å². The summed E-state index contributed by atoms with van der Waals surface area (Å²) in [6, 6.07) is 3.45. The summed E-state index contributed by atoms with van der Waals surface area (Å²) in [5, 5.41) is 0. The fourth-order valence-electron chi connectivity index (χ4n) is 3.37. The molecule has 1 aromatic carbocycles. The first-order valence-corrected chi connectivity index (χ1v) is 12.7. The third kappa shape index (κ3) is 11.2. The molecule has 5 heteroatoms. The lowest BCUT2D eigenvalue weighted by molar-refractivity contribution is 0.0450. The molecule has 0 unspecified atom stereocenters. The number of unbranched alkanes of at least 4 members (excludes halogenated alkanes) is 4. The van der Waals surface area contributed by atoms with Crippen molar-refractivity contribution >= 4 is 27.9 Å². The molecule has 31 heavy (non-hydrogen) atoms. The lowest BCUT2D eigenvalue weighted by Gasteiger charge is -2.13. The minimum Gasteiger partial charge on any atom is -0.462 e. The van der Waals surface area contributed by atoms with Gasteiger partial charge in [0.15, 0.2) is 0 Å². The van der Waals surface area contributed by atoms with Crippen LogP contribution in [0, 0.1) is 11.8 Å². The van der Waals surface area contributed by atoms with Crippen LogP contribution in [0.1, 0.15) is 112 Å². The predicted molar refractivity (Wildman–Crippen MR) is 131 cm³/mol. The van der Waals surface area contributed by atoms with Crippen molar-refractivity contribution in [1.82, 2.24) is 0 Å². The van der Waals surface area contributed by atoms with E-state index in [1.807, 2.05) is 6.92 Å². The molecule has 0 fully saturated rings. The molecule has 1 rings (SSSR count). The van der Waals surface area contributed by atoms with Gasteiger partial charge in [0, 0.05) is 4.47 Å². The fourth-order valence-corrected chi connectivity index (χ4v) is 4.00. The van der Waals surface area contributed by atoms with E-state index in [4.69, 9.17) is 9.47 Å². The summed E-state index contributed by atoms with van der Waals surface area (Å²) in [6.07, 6.45) is 9.16. The van der Waals surface area contributed by atoms with Crippen LogP contribution in [0.5, 0.6) is 0 Å². The molecule has 0 N–H and O–H groups in total. The minimum absolute atomic E-state index is 0.274. The summed E-state index contributed by atoms with van der Waals surface area (Å²) in [5.74, 6) is 0.480. The normalized spacial score (nSPS) is 11.2. The third-order valence-corrected chi connectivity index (χ3v) is 6.06. The second kappa shape index (κ2) is 15.4. The van der Waals surface area contributed by atoms with Crippen molar-refractivity contribution in [2.45, 2.75) is 92.4 Å². The first kappa shape index (κ1) is 27.7. The lowest BCUT2D eigenvalue weighted by Crippen LogP contribution is -2.16. The average Bonchev–Trinajstić information content (AvgIpc) is 2.72. The zero-order chi connectivity index (χ0) is 23.2. The molecule has 0 heterocycles. The second-order valence-electron chi connectivity index (χ2n) is 9.10.